The number of unbranched alkanes of at least 4 members (excludes halogenated alkanes) is 1. The molecule has 0 aromatic heterocycles. The van der Waals surface area contributed by atoms with Crippen LogP contribution in [0.3, 0.4) is 0 Å². The second-order valence-corrected chi connectivity index (χ2v) is 5.32. The topological polar surface area (TPSA) is 0 Å². The molecule has 0 N–H and O–H groups in total. The van der Waals surface area contributed by atoms with Gasteiger partial charge in [0.05, 0.1) is 0 Å². The van der Waals surface area contributed by atoms with Crippen molar-refractivity contribution in [3.63, 3.8) is 0 Å². The zero-order valence-electron chi connectivity index (χ0n) is 10.2. The molecule has 90 valence electrons. The molecule has 0 aliphatic carbocycles. The average molecular weight is 299 g/mol. The molecule has 0 fully saturated rings. The Morgan fingerprint density at radius 2 is 1.89 bits per heavy atom. The molecule has 0 unspecified atom stereocenters. The van der Waals surface area contributed by atoms with E-state index in [0.717, 1.165) is 29.3 Å². The van der Waals surface area contributed by atoms with E-state index in [1.54, 1.807) is 0 Å². The molecule has 1 heteroatoms. The van der Waals surface area contributed by atoms with Gasteiger partial charge in [0.15, 0.2) is 0 Å². The van der Waals surface area contributed by atoms with Crippen LogP contribution in [0.4, 0.5) is 0 Å². The zero-order valence-corrected chi connectivity index (χ0v) is 11.8. The van der Waals surface area contributed by atoms with Gasteiger partial charge in [0.2, 0.25) is 0 Å². The van der Waals surface area contributed by atoms with Gasteiger partial charge in [-0.25, -0.2) is 0 Å². The highest BCUT2D eigenvalue weighted by atomic mass is 79.9. The molecular weight excluding hydrogens is 284 g/mol. The number of benzene rings is 2. The van der Waals surface area contributed by atoms with Crippen LogP contribution in [-0.4, -0.2) is 0 Å². The second-order valence-electron chi connectivity index (χ2n) is 4.20. The first kappa shape index (κ1) is 12.9. The SMILES string of the molecule is C=C(Br)CCCC#Cc1cccc2ccccc12. The molecule has 0 bridgehead atoms. The van der Waals surface area contributed by atoms with Gasteiger partial charge in [-0.2, -0.15) is 0 Å². The highest BCUT2D eigenvalue weighted by molar-refractivity contribution is 9.11. The van der Waals surface area contributed by atoms with Gasteiger partial charge in [-0.1, -0.05) is 70.7 Å². The fraction of sp³-hybridized carbons (Fsp3) is 0.176. The number of rotatable bonds is 3. The fourth-order valence-electron chi connectivity index (χ4n) is 1.86. The minimum absolute atomic E-state index is 0.911. The summed E-state index contributed by atoms with van der Waals surface area (Å²) in [6, 6.07) is 14.6. The Morgan fingerprint density at radius 3 is 2.72 bits per heavy atom. The number of halogens is 1. The Hall–Kier alpha value is -1.52. The summed E-state index contributed by atoms with van der Waals surface area (Å²) in [5, 5.41) is 2.48. The molecule has 0 nitrogen and oxygen atoms in total. The summed E-state index contributed by atoms with van der Waals surface area (Å²) >= 11 is 3.36. The van der Waals surface area contributed by atoms with Crippen molar-refractivity contribution in [2.24, 2.45) is 0 Å². The van der Waals surface area contributed by atoms with Gasteiger partial charge in [0.1, 0.15) is 0 Å². The lowest BCUT2D eigenvalue weighted by molar-refractivity contribution is 0.881. The van der Waals surface area contributed by atoms with Gasteiger partial charge in [-0.05, 0) is 34.2 Å². The molecule has 0 spiro atoms. The summed E-state index contributed by atoms with van der Waals surface area (Å²) < 4.78 is 1.05. The largest absolute Gasteiger partial charge is 0.0979 e. The highest BCUT2D eigenvalue weighted by Crippen LogP contribution is 2.17. The smallest absolute Gasteiger partial charge is 0.0323 e. The first-order valence-electron chi connectivity index (χ1n) is 6.07. The molecule has 0 radical (unpaired) electrons. The Bertz CT molecular complexity index is 609. The third-order valence-electron chi connectivity index (χ3n) is 2.76. The maximum atomic E-state index is 3.82. The van der Waals surface area contributed by atoms with Crippen molar-refractivity contribution in [1.82, 2.24) is 0 Å². The van der Waals surface area contributed by atoms with Crippen LogP contribution in [0.1, 0.15) is 24.8 Å². The number of fused-ring (bicyclic) bond motifs is 1. The molecule has 2 aromatic rings. The van der Waals surface area contributed by atoms with Crippen molar-refractivity contribution < 1.29 is 0 Å². The summed E-state index contributed by atoms with van der Waals surface area (Å²) in [5.41, 5.74) is 1.12. The summed E-state index contributed by atoms with van der Waals surface area (Å²) in [6.07, 6.45) is 2.96. The van der Waals surface area contributed by atoms with Gasteiger partial charge in [0, 0.05) is 12.0 Å². The molecular formula is C17H15Br. The summed E-state index contributed by atoms with van der Waals surface area (Å²) in [7, 11) is 0. The average Bonchev–Trinajstić information content (AvgIpc) is 2.38. The maximum Gasteiger partial charge on any atom is 0.0323 e. The van der Waals surface area contributed by atoms with Gasteiger partial charge >= 0.3 is 0 Å². The van der Waals surface area contributed by atoms with Crippen molar-refractivity contribution in [1.29, 1.82) is 0 Å². The van der Waals surface area contributed by atoms with E-state index in [0.29, 0.717) is 0 Å². The third kappa shape index (κ3) is 3.48. The molecule has 18 heavy (non-hydrogen) atoms. The maximum absolute atomic E-state index is 3.82. The first-order chi connectivity index (χ1) is 8.77. The second kappa shape index (κ2) is 6.42. The van der Waals surface area contributed by atoms with Crippen LogP contribution in [0, 0.1) is 11.8 Å². The number of allylic oxidation sites excluding steroid dienone is 1. The highest BCUT2D eigenvalue weighted by Gasteiger charge is 1.95. The van der Waals surface area contributed by atoms with E-state index in [1.807, 2.05) is 0 Å². The van der Waals surface area contributed by atoms with E-state index in [9.17, 15) is 0 Å². The monoisotopic (exact) mass is 298 g/mol. The minimum Gasteiger partial charge on any atom is -0.0979 e. The molecule has 0 aliphatic heterocycles. The Kier molecular flexibility index (Phi) is 4.61. The van der Waals surface area contributed by atoms with Crippen molar-refractivity contribution in [3.05, 3.63) is 59.1 Å². The Balaban J connectivity index is 2.12. The minimum atomic E-state index is 0.911. The van der Waals surface area contributed by atoms with Crippen molar-refractivity contribution in [2.45, 2.75) is 19.3 Å². The van der Waals surface area contributed by atoms with E-state index in [1.165, 1.54) is 10.8 Å². The van der Waals surface area contributed by atoms with Gasteiger partial charge in [-0.15, -0.1) is 0 Å². The van der Waals surface area contributed by atoms with Crippen LogP contribution >= 0.6 is 15.9 Å². The van der Waals surface area contributed by atoms with Gasteiger partial charge in [-0.3, -0.25) is 0 Å². The Morgan fingerprint density at radius 1 is 1.11 bits per heavy atom. The summed E-state index contributed by atoms with van der Waals surface area (Å²) in [5.74, 6) is 6.50. The van der Waals surface area contributed by atoms with E-state index in [2.05, 4.69) is 76.8 Å². The third-order valence-corrected chi connectivity index (χ3v) is 3.16. The molecule has 2 rings (SSSR count). The van der Waals surface area contributed by atoms with E-state index in [4.69, 9.17) is 0 Å². The molecule has 0 heterocycles. The lowest BCUT2D eigenvalue weighted by atomic mass is 10.0. The Labute approximate surface area is 117 Å². The van der Waals surface area contributed by atoms with Crippen LogP contribution < -0.4 is 0 Å². The number of hydrogen-bond acceptors (Lipinski definition) is 0. The molecule has 0 saturated carbocycles. The predicted molar refractivity (Wildman–Crippen MR) is 82.7 cm³/mol. The van der Waals surface area contributed by atoms with Crippen molar-refractivity contribution in [3.8, 4) is 11.8 Å². The zero-order chi connectivity index (χ0) is 12.8. The molecule has 0 aliphatic rings. The predicted octanol–water partition coefficient (Wildman–Crippen LogP) is 5.27. The van der Waals surface area contributed by atoms with Gasteiger partial charge < -0.3 is 0 Å². The first-order valence-corrected chi connectivity index (χ1v) is 6.86. The van der Waals surface area contributed by atoms with E-state index >= 15 is 0 Å². The van der Waals surface area contributed by atoms with E-state index < -0.39 is 0 Å². The van der Waals surface area contributed by atoms with Crippen molar-refractivity contribution >= 4 is 26.7 Å². The molecule has 0 atom stereocenters. The fourth-order valence-corrected chi connectivity index (χ4v) is 2.14. The normalized spacial score (nSPS) is 9.83. The summed E-state index contributed by atoms with van der Waals surface area (Å²) in [6.45, 7) is 3.82. The lowest BCUT2D eigenvalue weighted by Gasteiger charge is -1.99. The summed E-state index contributed by atoms with van der Waals surface area (Å²) in [4.78, 5) is 0. The van der Waals surface area contributed by atoms with Crippen LogP contribution in [0.2, 0.25) is 0 Å². The van der Waals surface area contributed by atoms with Crippen LogP contribution in [0.5, 0.6) is 0 Å². The standard InChI is InChI=1S/C17H15Br/c1-14(18)8-3-2-4-9-15-11-7-12-16-10-5-6-13-17(15)16/h5-7,10-13H,1-3,8H2. The molecule has 0 saturated heterocycles. The van der Waals surface area contributed by atoms with Crippen LogP contribution in [0.15, 0.2) is 53.5 Å². The van der Waals surface area contributed by atoms with Crippen molar-refractivity contribution in [2.75, 3.05) is 0 Å². The quantitative estimate of drug-likeness (QED) is 0.535. The van der Waals surface area contributed by atoms with Crippen LogP contribution in [-0.2, 0) is 0 Å². The lowest BCUT2D eigenvalue weighted by Crippen LogP contribution is -1.79. The van der Waals surface area contributed by atoms with Gasteiger partial charge in [0.25, 0.3) is 0 Å². The molecule has 2 aromatic carbocycles. The van der Waals surface area contributed by atoms with E-state index in [-0.39, 0.29) is 0 Å². The number of hydrogen-bond donors (Lipinski definition) is 0. The van der Waals surface area contributed by atoms with Crippen LogP contribution in [0.25, 0.3) is 10.8 Å². The molecule has 0 amide bonds.